The molecule has 2 nitrogen and oxygen atoms in total. The van der Waals surface area contributed by atoms with E-state index < -0.39 is 0 Å². The van der Waals surface area contributed by atoms with E-state index in [9.17, 15) is 0 Å². The van der Waals surface area contributed by atoms with Gasteiger partial charge in [0.1, 0.15) is 0 Å². The topological polar surface area (TPSA) is 21.3 Å². The van der Waals surface area contributed by atoms with Gasteiger partial charge in [-0.3, -0.25) is 0 Å². The van der Waals surface area contributed by atoms with Gasteiger partial charge in [0.2, 0.25) is 0 Å². The van der Waals surface area contributed by atoms with Gasteiger partial charge in [0.15, 0.2) is 0 Å². The second-order valence-corrected chi connectivity index (χ2v) is 3.48. The third-order valence-electron chi connectivity index (χ3n) is 2.63. The fourth-order valence-corrected chi connectivity index (χ4v) is 1.70. The van der Waals surface area contributed by atoms with Gasteiger partial charge in [-0.2, -0.15) is 0 Å². The SMILES string of the molecule is COC1CNC1Cc1ccccc1. The van der Waals surface area contributed by atoms with Crippen LogP contribution in [0.1, 0.15) is 5.56 Å². The van der Waals surface area contributed by atoms with Crippen LogP contribution in [0.25, 0.3) is 0 Å². The molecule has 2 heteroatoms. The van der Waals surface area contributed by atoms with Gasteiger partial charge in [-0.15, -0.1) is 0 Å². The van der Waals surface area contributed by atoms with Crippen LogP contribution in [0.5, 0.6) is 0 Å². The van der Waals surface area contributed by atoms with Crippen LogP contribution in [-0.4, -0.2) is 25.8 Å². The first-order valence-corrected chi connectivity index (χ1v) is 4.70. The van der Waals surface area contributed by atoms with Crippen molar-refractivity contribution in [1.29, 1.82) is 0 Å². The molecule has 0 saturated carbocycles. The van der Waals surface area contributed by atoms with Crippen molar-refractivity contribution in [2.45, 2.75) is 18.6 Å². The minimum absolute atomic E-state index is 0.403. The van der Waals surface area contributed by atoms with Crippen molar-refractivity contribution in [3.63, 3.8) is 0 Å². The molecule has 0 aliphatic carbocycles. The molecule has 0 spiro atoms. The van der Waals surface area contributed by atoms with Gasteiger partial charge >= 0.3 is 0 Å². The van der Waals surface area contributed by atoms with Gasteiger partial charge in [-0.25, -0.2) is 0 Å². The number of rotatable bonds is 3. The first kappa shape index (κ1) is 8.73. The highest BCUT2D eigenvalue weighted by Crippen LogP contribution is 2.13. The lowest BCUT2D eigenvalue weighted by Gasteiger charge is -2.37. The molecule has 1 saturated heterocycles. The molecule has 70 valence electrons. The summed E-state index contributed by atoms with van der Waals surface area (Å²) in [7, 11) is 1.78. The van der Waals surface area contributed by atoms with E-state index in [4.69, 9.17) is 4.74 Å². The predicted octanol–water partition coefficient (Wildman–Crippen LogP) is 1.22. The maximum absolute atomic E-state index is 5.31. The lowest BCUT2D eigenvalue weighted by atomic mass is 9.95. The van der Waals surface area contributed by atoms with E-state index in [1.165, 1.54) is 5.56 Å². The largest absolute Gasteiger partial charge is 0.378 e. The molecule has 0 aromatic heterocycles. The fraction of sp³-hybridized carbons (Fsp3) is 0.455. The standard InChI is InChI=1S/C11H15NO/c1-13-11-8-12-10(11)7-9-5-3-2-4-6-9/h2-6,10-12H,7-8H2,1H3. The summed E-state index contributed by atoms with van der Waals surface area (Å²) in [5, 5.41) is 3.37. The maximum atomic E-state index is 5.31. The highest BCUT2D eigenvalue weighted by molar-refractivity contribution is 5.17. The Kier molecular flexibility index (Phi) is 2.62. The summed E-state index contributed by atoms with van der Waals surface area (Å²) in [4.78, 5) is 0. The molecule has 2 atom stereocenters. The maximum Gasteiger partial charge on any atom is 0.0851 e. The molecule has 1 aromatic carbocycles. The molecule has 13 heavy (non-hydrogen) atoms. The summed E-state index contributed by atoms with van der Waals surface area (Å²) in [6.45, 7) is 0.994. The zero-order valence-electron chi connectivity index (χ0n) is 7.86. The van der Waals surface area contributed by atoms with Crippen molar-refractivity contribution in [3.8, 4) is 0 Å². The van der Waals surface area contributed by atoms with Crippen LogP contribution in [0, 0.1) is 0 Å². The second-order valence-electron chi connectivity index (χ2n) is 3.48. The van der Waals surface area contributed by atoms with Crippen LogP contribution in [0.15, 0.2) is 30.3 Å². The van der Waals surface area contributed by atoms with Crippen molar-refractivity contribution >= 4 is 0 Å². The quantitative estimate of drug-likeness (QED) is 0.749. The van der Waals surface area contributed by atoms with Gasteiger partial charge in [0.05, 0.1) is 6.10 Å². The Morgan fingerprint density at radius 3 is 2.69 bits per heavy atom. The Hall–Kier alpha value is -0.860. The van der Waals surface area contributed by atoms with E-state index >= 15 is 0 Å². The summed E-state index contributed by atoms with van der Waals surface area (Å²) in [6.07, 6.45) is 1.47. The van der Waals surface area contributed by atoms with Crippen LogP contribution >= 0.6 is 0 Å². The first-order valence-electron chi connectivity index (χ1n) is 4.70. The molecular weight excluding hydrogens is 162 g/mol. The Bertz CT molecular complexity index is 258. The molecule has 0 radical (unpaired) electrons. The zero-order valence-corrected chi connectivity index (χ0v) is 7.86. The highest BCUT2D eigenvalue weighted by atomic mass is 16.5. The van der Waals surface area contributed by atoms with E-state index in [0.717, 1.165) is 13.0 Å². The number of methoxy groups -OCH3 is 1. The van der Waals surface area contributed by atoms with Gasteiger partial charge < -0.3 is 10.1 Å². The van der Waals surface area contributed by atoms with Gasteiger partial charge in [0.25, 0.3) is 0 Å². The van der Waals surface area contributed by atoms with E-state index in [1.807, 2.05) is 6.07 Å². The van der Waals surface area contributed by atoms with Gasteiger partial charge in [-0.1, -0.05) is 30.3 Å². The third-order valence-corrected chi connectivity index (χ3v) is 2.63. The highest BCUT2D eigenvalue weighted by Gasteiger charge is 2.29. The van der Waals surface area contributed by atoms with Crippen molar-refractivity contribution in [3.05, 3.63) is 35.9 Å². The number of hydrogen-bond donors (Lipinski definition) is 1. The Morgan fingerprint density at radius 2 is 2.15 bits per heavy atom. The smallest absolute Gasteiger partial charge is 0.0851 e. The first-order chi connectivity index (χ1) is 6.40. The number of nitrogens with one attached hydrogen (secondary N) is 1. The average molecular weight is 177 g/mol. The van der Waals surface area contributed by atoms with E-state index in [1.54, 1.807) is 7.11 Å². The summed E-state index contributed by atoms with van der Waals surface area (Å²) < 4.78 is 5.31. The Morgan fingerprint density at radius 1 is 1.38 bits per heavy atom. The summed E-state index contributed by atoms with van der Waals surface area (Å²) >= 11 is 0. The number of benzene rings is 1. The van der Waals surface area contributed by atoms with E-state index in [2.05, 4.69) is 29.6 Å². The summed E-state index contributed by atoms with van der Waals surface area (Å²) in [6, 6.07) is 11.0. The zero-order chi connectivity index (χ0) is 9.10. The molecule has 2 unspecified atom stereocenters. The Labute approximate surface area is 78.9 Å². The second kappa shape index (κ2) is 3.90. The van der Waals surface area contributed by atoms with Crippen molar-refractivity contribution < 1.29 is 4.74 Å². The van der Waals surface area contributed by atoms with Crippen LogP contribution in [0.3, 0.4) is 0 Å². The van der Waals surface area contributed by atoms with E-state index in [0.29, 0.717) is 12.1 Å². The summed E-state index contributed by atoms with van der Waals surface area (Å²) in [5.74, 6) is 0. The van der Waals surface area contributed by atoms with Crippen LogP contribution in [0.4, 0.5) is 0 Å². The van der Waals surface area contributed by atoms with E-state index in [-0.39, 0.29) is 0 Å². The van der Waals surface area contributed by atoms with Crippen LogP contribution in [0.2, 0.25) is 0 Å². The molecular formula is C11H15NO. The van der Waals surface area contributed by atoms with Crippen LogP contribution < -0.4 is 5.32 Å². The van der Waals surface area contributed by atoms with Crippen LogP contribution in [-0.2, 0) is 11.2 Å². The van der Waals surface area contributed by atoms with Gasteiger partial charge in [-0.05, 0) is 12.0 Å². The molecule has 1 aliphatic heterocycles. The minimum Gasteiger partial charge on any atom is -0.378 e. The third kappa shape index (κ3) is 1.90. The molecule has 1 aromatic rings. The van der Waals surface area contributed by atoms with Crippen molar-refractivity contribution in [2.75, 3.05) is 13.7 Å². The molecule has 0 bridgehead atoms. The fourth-order valence-electron chi connectivity index (χ4n) is 1.70. The Balaban J connectivity index is 1.92. The average Bonchev–Trinajstić information content (AvgIpc) is 2.15. The molecule has 1 heterocycles. The number of ether oxygens (including phenoxy) is 1. The van der Waals surface area contributed by atoms with Gasteiger partial charge in [0, 0.05) is 19.7 Å². The molecule has 1 aliphatic rings. The molecule has 2 rings (SSSR count). The molecule has 1 N–H and O–H groups in total. The minimum atomic E-state index is 0.403. The van der Waals surface area contributed by atoms with Crippen molar-refractivity contribution in [2.24, 2.45) is 0 Å². The monoisotopic (exact) mass is 177 g/mol. The van der Waals surface area contributed by atoms with Crippen molar-refractivity contribution in [1.82, 2.24) is 5.32 Å². The normalized spacial score (nSPS) is 26.8. The lowest BCUT2D eigenvalue weighted by Crippen LogP contribution is -2.59. The summed E-state index contributed by atoms with van der Waals surface area (Å²) in [5.41, 5.74) is 1.38. The lowest BCUT2D eigenvalue weighted by molar-refractivity contribution is 0.0163. The molecule has 1 fully saturated rings. The molecule has 0 amide bonds. The predicted molar refractivity (Wildman–Crippen MR) is 52.7 cm³/mol. The number of hydrogen-bond acceptors (Lipinski definition) is 2.